The average molecular weight is 256 g/mol. The Labute approximate surface area is 98.6 Å². The molecule has 0 rings (SSSR count). The largest absolute Gasteiger partial charge is 0.394 e. The molecular formula is C9H25N2O4P+2. The fourth-order valence-electron chi connectivity index (χ4n) is 0.797. The van der Waals surface area contributed by atoms with E-state index in [1.54, 1.807) is 0 Å². The van der Waals surface area contributed by atoms with E-state index in [0.717, 1.165) is 11.0 Å². The zero-order chi connectivity index (χ0) is 12.6. The SMILES string of the molecule is C[PH+](NCC(O)CO)OOCC[N+](C)(C)C. The van der Waals surface area contributed by atoms with Gasteiger partial charge in [0.15, 0.2) is 0 Å². The van der Waals surface area contributed by atoms with Crippen molar-refractivity contribution in [3.05, 3.63) is 0 Å². The average Bonchev–Trinajstić information content (AvgIpc) is 2.19. The number of quaternary nitrogens is 1. The Morgan fingerprint density at radius 1 is 1.38 bits per heavy atom. The third-order valence-electron chi connectivity index (χ3n) is 1.83. The molecule has 0 amide bonds. The molecule has 0 aliphatic carbocycles. The predicted molar refractivity (Wildman–Crippen MR) is 65.3 cm³/mol. The van der Waals surface area contributed by atoms with Crippen molar-refractivity contribution < 1.29 is 24.3 Å². The second kappa shape index (κ2) is 8.31. The lowest BCUT2D eigenvalue weighted by Crippen LogP contribution is -2.37. The van der Waals surface area contributed by atoms with Crippen molar-refractivity contribution in [3.8, 4) is 0 Å². The van der Waals surface area contributed by atoms with Gasteiger partial charge >= 0.3 is 0 Å². The molecule has 0 fully saturated rings. The number of hydrogen-bond acceptors (Lipinski definition) is 5. The van der Waals surface area contributed by atoms with Crippen LogP contribution in [-0.4, -0.2) is 74.9 Å². The molecule has 6 nitrogen and oxygen atoms in total. The summed E-state index contributed by atoms with van der Waals surface area (Å²) >= 11 is 0. The Kier molecular flexibility index (Phi) is 8.40. The standard InChI is InChI=1S/C9H24N2O4P/c1-11(2,3)5-6-14-15-16(4)10-7-9(13)8-12/h9-10,12-13H,5-8H2,1-4H3/q+1/p+1. The van der Waals surface area contributed by atoms with Gasteiger partial charge in [-0.25, -0.2) is 0 Å². The number of aliphatic hydroxyl groups is 2. The summed E-state index contributed by atoms with van der Waals surface area (Å²) in [6.45, 7) is 3.36. The first-order chi connectivity index (χ1) is 7.35. The minimum atomic E-state index is -1.26. The third kappa shape index (κ3) is 10.7. The summed E-state index contributed by atoms with van der Waals surface area (Å²) in [5, 5.41) is 20.7. The van der Waals surface area contributed by atoms with Crippen molar-refractivity contribution in [1.82, 2.24) is 5.09 Å². The van der Waals surface area contributed by atoms with Gasteiger partial charge in [-0.3, -0.25) is 0 Å². The maximum atomic E-state index is 9.09. The molecule has 0 aliphatic heterocycles. The highest BCUT2D eigenvalue weighted by atomic mass is 31.2. The topological polar surface area (TPSA) is 71.0 Å². The minimum Gasteiger partial charge on any atom is -0.394 e. The number of nitrogens with zero attached hydrogens (tertiary/aromatic N) is 1. The molecule has 2 unspecified atom stereocenters. The molecule has 3 N–H and O–H groups in total. The van der Waals surface area contributed by atoms with Crippen LogP contribution in [0.4, 0.5) is 0 Å². The Bertz CT molecular complexity index is 177. The van der Waals surface area contributed by atoms with Crippen LogP contribution in [0.2, 0.25) is 0 Å². The molecule has 7 heteroatoms. The van der Waals surface area contributed by atoms with E-state index in [9.17, 15) is 0 Å². The maximum absolute atomic E-state index is 9.09. The van der Waals surface area contributed by atoms with Crippen molar-refractivity contribution in [3.63, 3.8) is 0 Å². The highest BCUT2D eigenvalue weighted by Crippen LogP contribution is 2.26. The molecule has 0 aromatic carbocycles. The van der Waals surface area contributed by atoms with Gasteiger partial charge in [0.25, 0.3) is 0 Å². The molecule has 0 radical (unpaired) electrons. The van der Waals surface area contributed by atoms with Gasteiger partial charge in [-0.2, -0.15) is 9.97 Å². The molecule has 16 heavy (non-hydrogen) atoms. The lowest BCUT2D eigenvalue weighted by molar-refractivity contribution is -0.871. The zero-order valence-electron chi connectivity index (χ0n) is 10.6. The lowest BCUT2D eigenvalue weighted by Gasteiger charge is -2.22. The third-order valence-corrected chi connectivity index (χ3v) is 2.90. The van der Waals surface area contributed by atoms with Crippen LogP contribution in [0.25, 0.3) is 0 Å². The van der Waals surface area contributed by atoms with Crippen molar-refractivity contribution >= 4 is 8.30 Å². The monoisotopic (exact) mass is 256 g/mol. The van der Waals surface area contributed by atoms with Crippen LogP contribution >= 0.6 is 8.30 Å². The quantitative estimate of drug-likeness (QED) is 0.167. The van der Waals surface area contributed by atoms with E-state index in [-0.39, 0.29) is 6.61 Å². The van der Waals surface area contributed by atoms with Crippen LogP contribution in [0.15, 0.2) is 0 Å². The van der Waals surface area contributed by atoms with Gasteiger partial charge in [0.1, 0.15) is 13.2 Å². The first kappa shape index (κ1) is 16.2. The number of likely N-dealkylation sites (N-methyl/N-ethyl adjacent to an activating group) is 1. The normalized spacial score (nSPS) is 16.1. The zero-order valence-corrected chi connectivity index (χ0v) is 11.6. The lowest BCUT2D eigenvalue weighted by atomic mass is 10.4. The second-order valence-electron chi connectivity index (χ2n) is 4.69. The maximum Gasteiger partial charge on any atom is 0.239 e. The summed E-state index contributed by atoms with van der Waals surface area (Å²) in [6.07, 6.45) is -0.741. The Balaban J connectivity index is 3.40. The van der Waals surface area contributed by atoms with Gasteiger partial charge in [-0.1, -0.05) is 4.67 Å². The molecule has 0 aliphatic rings. The van der Waals surface area contributed by atoms with Gasteiger partial charge in [-0.15, -0.1) is 0 Å². The molecule has 2 atom stereocenters. The van der Waals surface area contributed by atoms with E-state index in [2.05, 4.69) is 26.2 Å². The van der Waals surface area contributed by atoms with Crippen LogP contribution in [-0.2, 0) is 9.56 Å². The van der Waals surface area contributed by atoms with Crippen LogP contribution < -0.4 is 5.09 Å². The van der Waals surface area contributed by atoms with E-state index in [1.807, 2.05) is 6.66 Å². The number of aliphatic hydroxyl groups excluding tert-OH is 2. The van der Waals surface area contributed by atoms with Crippen molar-refractivity contribution in [2.75, 3.05) is 54.1 Å². The van der Waals surface area contributed by atoms with E-state index in [4.69, 9.17) is 19.8 Å². The summed E-state index contributed by atoms with van der Waals surface area (Å²) in [5.41, 5.74) is 0. The summed E-state index contributed by atoms with van der Waals surface area (Å²) in [6, 6.07) is 0. The minimum absolute atomic E-state index is 0.246. The van der Waals surface area contributed by atoms with Crippen LogP contribution in [0.1, 0.15) is 0 Å². The van der Waals surface area contributed by atoms with Gasteiger partial charge < -0.3 is 14.7 Å². The first-order valence-electron chi connectivity index (χ1n) is 5.31. The predicted octanol–water partition coefficient (Wildman–Crippen LogP) is -0.742. The van der Waals surface area contributed by atoms with Crippen LogP contribution in [0.3, 0.4) is 0 Å². The molecule has 0 saturated carbocycles. The molecule has 0 saturated heterocycles. The van der Waals surface area contributed by atoms with Crippen molar-refractivity contribution in [2.45, 2.75) is 6.10 Å². The van der Waals surface area contributed by atoms with Crippen LogP contribution in [0, 0.1) is 0 Å². The highest BCUT2D eigenvalue weighted by molar-refractivity contribution is 7.49. The van der Waals surface area contributed by atoms with Gasteiger partial charge in [0, 0.05) is 0 Å². The van der Waals surface area contributed by atoms with Crippen molar-refractivity contribution in [1.29, 1.82) is 0 Å². The number of rotatable bonds is 9. The summed E-state index contributed by atoms with van der Waals surface area (Å²) in [4.78, 5) is 5.06. The molecule has 0 heterocycles. The molecular weight excluding hydrogens is 231 g/mol. The van der Waals surface area contributed by atoms with Gasteiger partial charge in [-0.05, 0) is 0 Å². The van der Waals surface area contributed by atoms with E-state index >= 15 is 0 Å². The van der Waals surface area contributed by atoms with Gasteiger partial charge in [0.2, 0.25) is 8.30 Å². The molecule has 98 valence electrons. The van der Waals surface area contributed by atoms with E-state index < -0.39 is 14.4 Å². The number of nitrogens with one attached hydrogen (secondary N) is 1. The smallest absolute Gasteiger partial charge is 0.239 e. The Morgan fingerprint density at radius 2 is 2.00 bits per heavy atom. The van der Waals surface area contributed by atoms with Crippen molar-refractivity contribution in [2.24, 2.45) is 0 Å². The van der Waals surface area contributed by atoms with E-state index in [0.29, 0.717) is 13.2 Å². The summed E-state index contributed by atoms with van der Waals surface area (Å²) < 4.78 is 5.95. The molecule has 0 aromatic heterocycles. The first-order valence-corrected chi connectivity index (χ1v) is 7.22. The molecule has 0 aromatic rings. The van der Waals surface area contributed by atoms with Crippen LogP contribution in [0.5, 0.6) is 0 Å². The molecule has 0 bridgehead atoms. The fourth-order valence-corrected chi connectivity index (χ4v) is 1.64. The molecule has 0 spiro atoms. The van der Waals surface area contributed by atoms with Gasteiger partial charge in [0.05, 0.1) is 47.1 Å². The Morgan fingerprint density at radius 3 is 2.50 bits per heavy atom. The fraction of sp³-hybridized carbons (Fsp3) is 1.00. The highest BCUT2D eigenvalue weighted by Gasteiger charge is 2.14. The summed E-state index contributed by atoms with van der Waals surface area (Å²) in [7, 11) is 4.98. The summed E-state index contributed by atoms with van der Waals surface area (Å²) in [5.74, 6) is 0. The second-order valence-corrected chi connectivity index (χ2v) is 6.33. The Hall–Kier alpha value is 0.190. The van der Waals surface area contributed by atoms with E-state index in [1.165, 1.54) is 0 Å². The number of hydrogen-bond donors (Lipinski definition) is 3.